The molecule has 2 aromatic heterocycles. The van der Waals surface area contributed by atoms with E-state index in [1.165, 1.54) is 10.8 Å². The van der Waals surface area contributed by atoms with Gasteiger partial charge in [-0.15, -0.1) is 0 Å². The van der Waals surface area contributed by atoms with Gasteiger partial charge in [0.05, 0.1) is 29.2 Å². The first kappa shape index (κ1) is 47.7. The summed E-state index contributed by atoms with van der Waals surface area (Å²) in [4.78, 5) is 16.2. The molecule has 2 heterocycles. The van der Waals surface area contributed by atoms with E-state index >= 15 is 0 Å². The number of aromatic nitrogens is 2. The number of ether oxygens (including phenoxy) is 1. The normalized spacial score (nSPS) is 11.4. The van der Waals surface area contributed by atoms with Gasteiger partial charge in [-0.3, -0.25) is 4.79 Å². The third kappa shape index (κ3) is 8.62. The lowest BCUT2D eigenvalue weighted by molar-refractivity contribution is 0.112. The molecule has 6 nitrogen and oxygen atoms in total. The van der Waals surface area contributed by atoms with Crippen LogP contribution in [0.15, 0.2) is 291 Å². The van der Waals surface area contributed by atoms with Crippen molar-refractivity contribution in [1.29, 1.82) is 0 Å². The van der Waals surface area contributed by atoms with Crippen LogP contribution >= 0.6 is 0 Å². The van der Waals surface area contributed by atoms with E-state index in [0.29, 0.717) is 5.56 Å². The molecule has 0 amide bonds. The third-order valence-electron chi connectivity index (χ3n) is 15.5. The zero-order chi connectivity index (χ0) is 53.5. The molecular formula is C74H52N4O2. The lowest BCUT2D eigenvalue weighted by Crippen LogP contribution is -2.10. The van der Waals surface area contributed by atoms with Crippen molar-refractivity contribution in [1.82, 2.24) is 9.13 Å². The average Bonchev–Trinajstić information content (AvgIpc) is 4.15. The highest BCUT2D eigenvalue weighted by Crippen LogP contribution is 2.44. The van der Waals surface area contributed by atoms with E-state index in [2.05, 4.69) is 274 Å². The van der Waals surface area contributed by atoms with Gasteiger partial charge in [0.1, 0.15) is 12.0 Å². The first-order valence-electron chi connectivity index (χ1n) is 27.0. The van der Waals surface area contributed by atoms with Gasteiger partial charge in [0.15, 0.2) is 0 Å². The molecule has 0 N–H and O–H groups in total. The molecule has 12 aromatic carbocycles. The second-order valence-electron chi connectivity index (χ2n) is 20.1. The first-order valence-corrected chi connectivity index (χ1v) is 27.0. The molecule has 0 aliphatic carbocycles. The first-order chi connectivity index (χ1) is 39.6. The van der Waals surface area contributed by atoms with Crippen molar-refractivity contribution < 1.29 is 9.53 Å². The quantitative estimate of drug-likeness (QED) is 0.108. The number of benzene rings is 12. The van der Waals surface area contributed by atoms with Crippen LogP contribution < -0.4 is 14.5 Å². The van der Waals surface area contributed by atoms with Crippen LogP contribution in [0.1, 0.15) is 10.4 Å². The van der Waals surface area contributed by atoms with Gasteiger partial charge in [-0.2, -0.15) is 0 Å². The van der Waals surface area contributed by atoms with Crippen LogP contribution in [0.4, 0.5) is 34.1 Å². The lowest BCUT2D eigenvalue weighted by Gasteiger charge is -2.26. The highest BCUT2D eigenvalue weighted by molar-refractivity contribution is 6.13. The highest BCUT2D eigenvalue weighted by atomic mass is 16.5. The molecule has 0 bridgehead atoms. The van der Waals surface area contributed by atoms with Gasteiger partial charge >= 0.3 is 0 Å². The Balaban J connectivity index is 0.828. The fourth-order valence-electron chi connectivity index (χ4n) is 11.6. The number of hydrogen-bond donors (Lipinski definition) is 0. The maximum atomic E-state index is 11.5. The minimum atomic E-state index is 0.661. The fourth-order valence-corrected chi connectivity index (χ4v) is 11.6. The number of nitrogens with zero attached hydrogens (tertiary/aromatic N) is 4. The van der Waals surface area contributed by atoms with Crippen LogP contribution in [0.5, 0.6) is 5.75 Å². The number of rotatable bonds is 13. The van der Waals surface area contributed by atoms with Crippen LogP contribution in [-0.4, -0.2) is 22.5 Å². The van der Waals surface area contributed by atoms with Gasteiger partial charge in [0.2, 0.25) is 0 Å². The second-order valence-corrected chi connectivity index (χ2v) is 20.1. The summed E-state index contributed by atoms with van der Waals surface area (Å²) < 4.78 is 10.2. The Morgan fingerprint density at radius 3 is 0.988 bits per heavy atom. The molecule has 0 aliphatic heterocycles. The number of fused-ring (bicyclic) bond motifs is 6. The number of carbonyl (C=O) groups excluding carboxylic acids is 1. The van der Waals surface area contributed by atoms with Crippen LogP contribution in [0.2, 0.25) is 0 Å². The third-order valence-corrected chi connectivity index (χ3v) is 15.5. The second kappa shape index (κ2) is 20.4. The molecule has 0 saturated carbocycles. The molecule has 80 heavy (non-hydrogen) atoms. The van der Waals surface area contributed by atoms with Crippen molar-refractivity contribution in [2.45, 2.75) is 0 Å². The zero-order valence-corrected chi connectivity index (χ0v) is 43.9. The molecule has 380 valence electrons. The Morgan fingerprint density at radius 1 is 0.300 bits per heavy atom. The monoisotopic (exact) mass is 1030 g/mol. The van der Waals surface area contributed by atoms with Gasteiger partial charge < -0.3 is 23.7 Å². The van der Waals surface area contributed by atoms with Crippen molar-refractivity contribution >= 4 is 84.0 Å². The lowest BCUT2D eigenvalue weighted by atomic mass is 10.0. The summed E-state index contributed by atoms with van der Waals surface area (Å²) in [6, 6.07) is 104. The van der Waals surface area contributed by atoms with Crippen molar-refractivity contribution in [3.05, 3.63) is 297 Å². The molecule has 0 radical (unpaired) electrons. The largest absolute Gasteiger partial charge is 0.497 e. The molecule has 14 rings (SSSR count). The topological polar surface area (TPSA) is 42.6 Å². The Kier molecular flexibility index (Phi) is 12.1. The van der Waals surface area contributed by atoms with Gasteiger partial charge in [0.25, 0.3) is 0 Å². The van der Waals surface area contributed by atoms with Gasteiger partial charge in [-0.1, -0.05) is 146 Å². The molecular weight excluding hydrogens is 977 g/mol. The van der Waals surface area contributed by atoms with Crippen molar-refractivity contribution in [3.63, 3.8) is 0 Å². The summed E-state index contributed by atoms with van der Waals surface area (Å²) in [6.07, 6.45) is 0.889. The molecule has 0 saturated heterocycles. The number of anilines is 6. The number of methoxy groups -OCH3 is 1. The summed E-state index contributed by atoms with van der Waals surface area (Å²) in [7, 11) is 1.70. The van der Waals surface area contributed by atoms with Crippen molar-refractivity contribution in [2.75, 3.05) is 16.9 Å². The Morgan fingerprint density at radius 2 is 0.600 bits per heavy atom. The van der Waals surface area contributed by atoms with E-state index in [1.807, 2.05) is 36.4 Å². The SMILES string of the molecule is COc1ccc(-c2ccc3c(c2)c2cc(N(c4ccccc4)c4ccc(-c5ccc(N(c6ccccc6)c6ccc7c(c6)c6cc(-c8ccc(C=O)cc8)ccc6n7-c6ccccc6)cc5)cc4)ccc2n3-c2ccccc2)cc1. The smallest absolute Gasteiger partial charge is 0.150 e. The van der Waals surface area contributed by atoms with Gasteiger partial charge in [-0.25, -0.2) is 0 Å². The van der Waals surface area contributed by atoms with E-state index < -0.39 is 0 Å². The molecule has 0 spiro atoms. The maximum absolute atomic E-state index is 11.5. The molecule has 0 fully saturated rings. The van der Waals surface area contributed by atoms with E-state index in [4.69, 9.17) is 4.74 Å². The maximum Gasteiger partial charge on any atom is 0.150 e. The Bertz CT molecular complexity index is 4540. The van der Waals surface area contributed by atoms with Crippen molar-refractivity contribution in [2.24, 2.45) is 0 Å². The van der Waals surface area contributed by atoms with E-state index in [1.54, 1.807) is 7.11 Å². The van der Waals surface area contributed by atoms with E-state index in [0.717, 1.165) is 124 Å². The van der Waals surface area contributed by atoms with E-state index in [-0.39, 0.29) is 0 Å². The molecule has 0 unspecified atom stereocenters. The highest BCUT2D eigenvalue weighted by Gasteiger charge is 2.21. The number of para-hydroxylation sites is 4. The predicted octanol–water partition coefficient (Wildman–Crippen LogP) is 19.6. The minimum absolute atomic E-state index is 0.661. The minimum Gasteiger partial charge on any atom is -0.497 e. The summed E-state index contributed by atoms with van der Waals surface area (Å²) in [5.74, 6) is 0.838. The Labute approximate surface area is 464 Å². The fraction of sp³-hybridized carbons (Fsp3) is 0.0135. The molecule has 0 atom stereocenters. The Hall–Kier alpha value is -10.7. The molecule has 0 aliphatic rings. The van der Waals surface area contributed by atoms with Crippen LogP contribution in [0, 0.1) is 0 Å². The van der Waals surface area contributed by atoms with Crippen LogP contribution in [0.3, 0.4) is 0 Å². The summed E-state index contributed by atoms with van der Waals surface area (Å²) in [6.45, 7) is 0. The van der Waals surface area contributed by atoms with Gasteiger partial charge in [0, 0.05) is 72.6 Å². The summed E-state index contributed by atoms with van der Waals surface area (Å²) in [5, 5.41) is 4.65. The summed E-state index contributed by atoms with van der Waals surface area (Å²) in [5.41, 5.74) is 20.5. The van der Waals surface area contributed by atoms with Crippen molar-refractivity contribution in [3.8, 4) is 50.5 Å². The standard InChI is InChI=1S/C74H52N4O2/c1-80-66-40-30-55(31-41-66)57-33-43-72-68(47-57)70-49-65(39-45-74(70)78(72)61-20-12-5-13-21-61)76(59-16-8-3-9-17-59)63-36-28-53(29-37-63)52-26-34-62(35-27-52)75(58-14-6-2-7-15-58)64-38-44-73-69(48-64)67-46-56(54-24-22-51(50-79)23-25-54)32-42-71(67)77(73)60-18-10-4-11-19-60/h2-50H,1H3. The molecule has 14 aromatic rings. The predicted molar refractivity (Wildman–Crippen MR) is 333 cm³/mol. The number of aldehydes is 1. The zero-order valence-electron chi connectivity index (χ0n) is 43.9. The van der Waals surface area contributed by atoms with E-state index in [9.17, 15) is 4.79 Å². The van der Waals surface area contributed by atoms with Crippen LogP contribution in [-0.2, 0) is 0 Å². The average molecular weight is 1030 g/mol. The number of carbonyl (C=O) groups is 1. The van der Waals surface area contributed by atoms with Gasteiger partial charge in [-0.05, 0) is 179 Å². The van der Waals surface area contributed by atoms with Crippen LogP contribution in [0.25, 0.3) is 88.4 Å². The number of hydrogen-bond acceptors (Lipinski definition) is 4. The molecule has 6 heteroatoms. The summed E-state index contributed by atoms with van der Waals surface area (Å²) >= 11 is 0.